The molecule has 5 nitrogen and oxygen atoms in total. The Hall–Kier alpha value is -2.53. The summed E-state index contributed by atoms with van der Waals surface area (Å²) in [5.41, 5.74) is 0.853. The molecule has 1 heterocycles. The monoisotopic (exact) mass is 400 g/mol. The molecule has 0 saturated carbocycles. The van der Waals surface area contributed by atoms with Crippen molar-refractivity contribution < 1.29 is 14.3 Å². The van der Waals surface area contributed by atoms with Crippen molar-refractivity contribution >= 4 is 23.4 Å². The topological polar surface area (TPSA) is 58.6 Å². The second kappa shape index (κ2) is 8.65. The molecule has 1 fully saturated rings. The Balaban J connectivity index is 1.64. The van der Waals surface area contributed by atoms with Crippen molar-refractivity contribution in [2.45, 2.75) is 26.3 Å². The van der Waals surface area contributed by atoms with Crippen molar-refractivity contribution in [2.75, 3.05) is 20.2 Å². The Morgan fingerprint density at radius 3 is 2.57 bits per heavy atom. The number of rotatable bonds is 5. The zero-order valence-corrected chi connectivity index (χ0v) is 17.0. The number of nitrogens with one attached hydrogen (secondary N) is 1. The van der Waals surface area contributed by atoms with E-state index in [9.17, 15) is 9.59 Å². The number of benzene rings is 2. The van der Waals surface area contributed by atoms with Crippen LogP contribution in [-0.4, -0.2) is 36.9 Å². The summed E-state index contributed by atoms with van der Waals surface area (Å²) in [4.78, 5) is 27.5. The predicted molar refractivity (Wildman–Crippen MR) is 110 cm³/mol. The summed E-state index contributed by atoms with van der Waals surface area (Å²) in [5, 5.41) is 3.45. The van der Waals surface area contributed by atoms with E-state index < -0.39 is 5.41 Å². The fourth-order valence-corrected chi connectivity index (χ4v) is 3.76. The Bertz CT molecular complexity index is 853. The molecule has 2 aromatic rings. The lowest BCUT2D eigenvalue weighted by atomic mass is 9.80. The molecule has 1 aliphatic heterocycles. The number of halogens is 1. The van der Waals surface area contributed by atoms with E-state index in [1.807, 2.05) is 31.2 Å². The van der Waals surface area contributed by atoms with Crippen molar-refractivity contribution in [2.24, 2.45) is 5.41 Å². The largest absolute Gasteiger partial charge is 0.497 e. The molecule has 1 atom stereocenters. The number of piperidine rings is 1. The van der Waals surface area contributed by atoms with E-state index >= 15 is 0 Å². The average Bonchev–Trinajstić information content (AvgIpc) is 2.72. The molecular formula is C22H25ClN2O3. The van der Waals surface area contributed by atoms with Crippen molar-refractivity contribution in [1.29, 1.82) is 0 Å². The highest BCUT2D eigenvalue weighted by molar-refractivity contribution is 6.33. The van der Waals surface area contributed by atoms with Gasteiger partial charge in [0.15, 0.2) is 0 Å². The first-order valence-corrected chi connectivity index (χ1v) is 9.76. The molecule has 3 rings (SSSR count). The van der Waals surface area contributed by atoms with Gasteiger partial charge in [0.05, 0.1) is 23.1 Å². The van der Waals surface area contributed by atoms with E-state index in [4.69, 9.17) is 16.3 Å². The first-order valence-electron chi connectivity index (χ1n) is 9.38. The summed E-state index contributed by atoms with van der Waals surface area (Å²) >= 11 is 6.18. The van der Waals surface area contributed by atoms with Crippen LogP contribution in [-0.2, 0) is 11.3 Å². The zero-order chi connectivity index (χ0) is 20.1. The summed E-state index contributed by atoms with van der Waals surface area (Å²) in [6, 6.07) is 14.6. The van der Waals surface area contributed by atoms with Gasteiger partial charge in [-0.3, -0.25) is 9.59 Å². The van der Waals surface area contributed by atoms with Crippen LogP contribution in [0.4, 0.5) is 0 Å². The summed E-state index contributed by atoms with van der Waals surface area (Å²) in [6.07, 6.45) is 1.52. The normalized spacial score (nSPS) is 19.2. The molecule has 0 aromatic heterocycles. The smallest absolute Gasteiger partial charge is 0.255 e. The fraction of sp³-hybridized carbons (Fsp3) is 0.364. The van der Waals surface area contributed by atoms with Gasteiger partial charge < -0.3 is 15.0 Å². The maximum absolute atomic E-state index is 12.9. The SMILES string of the molecule is COc1ccc(CNC(=O)C2(C)CCCN(C(=O)c3ccccc3Cl)C2)cc1. The van der Waals surface area contributed by atoms with Gasteiger partial charge >= 0.3 is 0 Å². The highest BCUT2D eigenvalue weighted by Crippen LogP contribution is 2.31. The van der Waals surface area contributed by atoms with Gasteiger partial charge in [-0.25, -0.2) is 0 Å². The van der Waals surface area contributed by atoms with Crippen molar-refractivity contribution in [3.05, 3.63) is 64.7 Å². The van der Waals surface area contributed by atoms with Crippen molar-refractivity contribution in [3.63, 3.8) is 0 Å². The molecule has 0 radical (unpaired) electrons. The molecule has 148 valence electrons. The number of likely N-dealkylation sites (tertiary alicyclic amines) is 1. The zero-order valence-electron chi connectivity index (χ0n) is 16.2. The van der Waals surface area contributed by atoms with Crippen LogP contribution < -0.4 is 10.1 Å². The molecule has 1 N–H and O–H groups in total. The third kappa shape index (κ3) is 4.47. The van der Waals surface area contributed by atoms with Gasteiger partial charge in [0, 0.05) is 19.6 Å². The van der Waals surface area contributed by atoms with E-state index in [-0.39, 0.29) is 11.8 Å². The number of nitrogens with zero attached hydrogens (tertiary/aromatic N) is 1. The number of amides is 2. The van der Waals surface area contributed by atoms with Gasteiger partial charge in [-0.1, -0.05) is 35.9 Å². The maximum Gasteiger partial charge on any atom is 0.255 e. The van der Waals surface area contributed by atoms with E-state index in [0.29, 0.717) is 30.2 Å². The highest BCUT2D eigenvalue weighted by Gasteiger charge is 2.39. The van der Waals surface area contributed by atoms with Crippen LogP contribution in [0.15, 0.2) is 48.5 Å². The molecule has 2 amide bonds. The van der Waals surface area contributed by atoms with Crippen LogP contribution in [0, 0.1) is 5.41 Å². The summed E-state index contributed by atoms with van der Waals surface area (Å²) < 4.78 is 5.15. The van der Waals surface area contributed by atoms with E-state index in [1.54, 1.807) is 36.3 Å². The first-order chi connectivity index (χ1) is 13.4. The number of hydrogen-bond donors (Lipinski definition) is 1. The number of carbonyl (C=O) groups is 2. The third-order valence-corrected chi connectivity index (χ3v) is 5.58. The summed E-state index contributed by atoms with van der Waals surface area (Å²) in [6.45, 7) is 3.37. The standard InChI is InChI=1S/C22H25ClN2O3/c1-22(21(27)24-14-16-8-10-17(28-2)11-9-16)12-5-13-25(15-22)20(26)18-6-3-4-7-19(18)23/h3-4,6-11H,5,12-15H2,1-2H3,(H,24,27). The van der Waals surface area contributed by atoms with Crippen LogP contribution in [0.1, 0.15) is 35.7 Å². The summed E-state index contributed by atoms with van der Waals surface area (Å²) in [7, 11) is 1.62. The molecule has 0 bridgehead atoms. The van der Waals surface area contributed by atoms with Gasteiger partial charge in [0.2, 0.25) is 5.91 Å². The average molecular weight is 401 g/mol. The molecule has 2 aromatic carbocycles. The molecule has 1 saturated heterocycles. The Labute approximate surface area is 170 Å². The molecule has 28 heavy (non-hydrogen) atoms. The highest BCUT2D eigenvalue weighted by atomic mass is 35.5. The van der Waals surface area contributed by atoms with Gasteiger partial charge in [-0.2, -0.15) is 0 Å². The van der Waals surface area contributed by atoms with E-state index in [2.05, 4.69) is 5.32 Å². The minimum atomic E-state index is -0.623. The van der Waals surface area contributed by atoms with Crippen LogP contribution in [0.3, 0.4) is 0 Å². The van der Waals surface area contributed by atoms with Crippen LogP contribution >= 0.6 is 11.6 Å². The van der Waals surface area contributed by atoms with Gasteiger partial charge in [-0.05, 0) is 49.6 Å². The lowest BCUT2D eigenvalue weighted by molar-refractivity contribution is -0.132. The van der Waals surface area contributed by atoms with Crippen molar-refractivity contribution in [1.82, 2.24) is 10.2 Å². The van der Waals surface area contributed by atoms with Crippen LogP contribution in [0.2, 0.25) is 5.02 Å². The first kappa shape index (κ1) is 20.2. The minimum Gasteiger partial charge on any atom is -0.497 e. The fourth-order valence-electron chi connectivity index (χ4n) is 3.54. The third-order valence-electron chi connectivity index (χ3n) is 5.25. The van der Waals surface area contributed by atoms with E-state index in [0.717, 1.165) is 24.2 Å². The second-order valence-electron chi connectivity index (χ2n) is 7.40. The molecule has 6 heteroatoms. The lowest BCUT2D eigenvalue weighted by Crippen LogP contribution is -2.51. The predicted octanol–water partition coefficient (Wildman–Crippen LogP) is 3.91. The van der Waals surface area contributed by atoms with Gasteiger partial charge in [0.1, 0.15) is 5.75 Å². The van der Waals surface area contributed by atoms with Gasteiger partial charge in [-0.15, -0.1) is 0 Å². The molecule has 0 aliphatic carbocycles. The number of hydrogen-bond acceptors (Lipinski definition) is 3. The number of ether oxygens (including phenoxy) is 1. The van der Waals surface area contributed by atoms with Crippen LogP contribution in [0.5, 0.6) is 5.75 Å². The van der Waals surface area contributed by atoms with Gasteiger partial charge in [0.25, 0.3) is 5.91 Å². The molecule has 1 aliphatic rings. The summed E-state index contributed by atoms with van der Waals surface area (Å²) in [5.74, 6) is 0.613. The molecular weight excluding hydrogens is 376 g/mol. The Morgan fingerprint density at radius 1 is 1.18 bits per heavy atom. The van der Waals surface area contributed by atoms with Crippen molar-refractivity contribution in [3.8, 4) is 5.75 Å². The second-order valence-corrected chi connectivity index (χ2v) is 7.81. The number of methoxy groups -OCH3 is 1. The quantitative estimate of drug-likeness (QED) is 0.827. The molecule has 1 unspecified atom stereocenters. The lowest BCUT2D eigenvalue weighted by Gasteiger charge is -2.39. The van der Waals surface area contributed by atoms with Crippen LogP contribution in [0.25, 0.3) is 0 Å². The Kier molecular flexibility index (Phi) is 6.25. The van der Waals surface area contributed by atoms with E-state index in [1.165, 1.54) is 0 Å². The minimum absolute atomic E-state index is 0.0417. The molecule has 0 spiro atoms. The maximum atomic E-state index is 12.9. The number of carbonyl (C=O) groups excluding carboxylic acids is 2. The Morgan fingerprint density at radius 2 is 1.89 bits per heavy atom.